The molecule has 0 spiro atoms. The molecule has 1 aliphatic carbocycles. The van der Waals surface area contributed by atoms with Crippen molar-refractivity contribution in [2.45, 2.75) is 50.5 Å². The Morgan fingerprint density at radius 2 is 1.83 bits per heavy atom. The third-order valence-corrected chi connectivity index (χ3v) is 2.94. The Hall–Kier alpha value is -0.850. The van der Waals surface area contributed by atoms with Crippen molar-refractivity contribution < 1.29 is 22.4 Å². The van der Waals surface area contributed by atoms with Gasteiger partial charge in [-0.1, -0.05) is 19.3 Å². The topological polar surface area (TPSA) is 41.1 Å². The molecule has 2 N–H and O–H groups in total. The molecule has 0 atom stereocenters. The number of carbonyl (C=O) groups is 1. The summed E-state index contributed by atoms with van der Waals surface area (Å²) in [4.78, 5) is 11.4. The van der Waals surface area contributed by atoms with Crippen molar-refractivity contribution in [1.29, 1.82) is 0 Å². The summed E-state index contributed by atoms with van der Waals surface area (Å²) < 4.78 is 48.7. The average Bonchev–Trinajstić information content (AvgIpc) is 2.29. The second kappa shape index (κ2) is 6.92. The number of hydrogen-bond acceptors (Lipinski definition) is 2. The molecule has 0 saturated heterocycles. The fraction of sp³-hybridized carbons (Fsp3) is 0.909. The van der Waals surface area contributed by atoms with Gasteiger partial charge in [-0.15, -0.1) is 0 Å². The van der Waals surface area contributed by atoms with Crippen molar-refractivity contribution in [1.82, 2.24) is 10.6 Å². The van der Waals surface area contributed by atoms with Gasteiger partial charge in [-0.05, 0) is 12.8 Å². The van der Waals surface area contributed by atoms with Crippen LogP contribution in [0.1, 0.15) is 32.1 Å². The Kier molecular flexibility index (Phi) is 5.84. The highest BCUT2D eigenvalue weighted by atomic mass is 19.3. The fourth-order valence-corrected chi connectivity index (χ4v) is 1.95. The number of carbonyl (C=O) groups excluding carboxylic acids is 1. The summed E-state index contributed by atoms with van der Waals surface area (Å²) in [6.07, 6.45) is 1.29. The SMILES string of the molecule is O=C(CNCC(F)(F)C(F)F)NC1CCCCC1. The Labute approximate surface area is 103 Å². The lowest BCUT2D eigenvalue weighted by Crippen LogP contribution is -2.45. The van der Waals surface area contributed by atoms with E-state index in [1.165, 1.54) is 0 Å². The van der Waals surface area contributed by atoms with Crippen LogP contribution in [0, 0.1) is 0 Å². The number of hydrogen-bond donors (Lipinski definition) is 2. The minimum Gasteiger partial charge on any atom is -0.352 e. The van der Waals surface area contributed by atoms with Crippen LogP contribution < -0.4 is 10.6 Å². The number of halogens is 4. The summed E-state index contributed by atoms with van der Waals surface area (Å²) in [5.41, 5.74) is 0. The Bertz CT molecular complexity index is 268. The molecule has 106 valence electrons. The molecule has 1 rings (SSSR count). The average molecular weight is 270 g/mol. The number of rotatable bonds is 6. The lowest BCUT2D eigenvalue weighted by atomic mass is 9.95. The van der Waals surface area contributed by atoms with Crippen LogP contribution in [0.4, 0.5) is 17.6 Å². The van der Waals surface area contributed by atoms with Crippen LogP contribution in [0.3, 0.4) is 0 Å². The van der Waals surface area contributed by atoms with Crippen molar-refractivity contribution in [3.05, 3.63) is 0 Å². The first-order valence-corrected chi connectivity index (χ1v) is 6.08. The third kappa shape index (κ3) is 5.20. The standard InChI is InChI=1S/C11H18F4N2O/c12-10(13)11(14,15)7-16-6-9(18)17-8-4-2-1-3-5-8/h8,10,16H,1-7H2,(H,17,18). The van der Waals surface area contributed by atoms with Crippen LogP contribution in [0.25, 0.3) is 0 Å². The molecule has 18 heavy (non-hydrogen) atoms. The van der Waals surface area contributed by atoms with E-state index in [1.54, 1.807) is 0 Å². The molecule has 0 aromatic carbocycles. The number of alkyl halides is 4. The molecule has 0 radical (unpaired) electrons. The van der Waals surface area contributed by atoms with E-state index in [0.29, 0.717) is 0 Å². The molecule has 1 aliphatic rings. The molecular weight excluding hydrogens is 252 g/mol. The van der Waals surface area contributed by atoms with Crippen LogP contribution in [0.5, 0.6) is 0 Å². The minimum absolute atomic E-state index is 0.0867. The molecule has 0 heterocycles. The normalized spacial score (nSPS) is 18.1. The highest BCUT2D eigenvalue weighted by Crippen LogP contribution is 2.21. The monoisotopic (exact) mass is 270 g/mol. The van der Waals surface area contributed by atoms with Crippen LogP contribution in [-0.2, 0) is 4.79 Å². The van der Waals surface area contributed by atoms with Crippen LogP contribution >= 0.6 is 0 Å². The minimum atomic E-state index is -4.09. The Morgan fingerprint density at radius 3 is 2.39 bits per heavy atom. The molecule has 1 amide bonds. The maximum absolute atomic E-state index is 12.5. The number of amides is 1. The summed E-state index contributed by atoms with van der Waals surface area (Å²) in [5.74, 6) is -4.52. The van der Waals surface area contributed by atoms with Gasteiger partial charge in [0.05, 0.1) is 13.1 Å². The maximum Gasteiger partial charge on any atom is 0.319 e. The summed E-state index contributed by atoms with van der Waals surface area (Å²) in [7, 11) is 0. The van der Waals surface area contributed by atoms with Gasteiger partial charge >= 0.3 is 12.3 Å². The van der Waals surface area contributed by atoms with Crippen LogP contribution in [0.2, 0.25) is 0 Å². The van der Waals surface area contributed by atoms with E-state index in [2.05, 4.69) is 10.6 Å². The molecule has 0 aromatic heterocycles. The smallest absolute Gasteiger partial charge is 0.319 e. The molecule has 0 bridgehead atoms. The van der Waals surface area contributed by atoms with E-state index in [4.69, 9.17) is 0 Å². The first-order chi connectivity index (χ1) is 8.42. The van der Waals surface area contributed by atoms with E-state index in [9.17, 15) is 22.4 Å². The second-order valence-electron chi connectivity index (χ2n) is 4.57. The molecule has 3 nitrogen and oxygen atoms in total. The Morgan fingerprint density at radius 1 is 1.22 bits per heavy atom. The predicted octanol–water partition coefficient (Wildman–Crippen LogP) is 1.93. The van der Waals surface area contributed by atoms with Crippen molar-refractivity contribution in [2.24, 2.45) is 0 Å². The molecule has 7 heteroatoms. The summed E-state index contributed by atoms with van der Waals surface area (Å²) in [5, 5.41) is 4.75. The zero-order chi connectivity index (χ0) is 13.6. The molecule has 0 aromatic rings. The van der Waals surface area contributed by atoms with Gasteiger partial charge in [-0.25, -0.2) is 8.78 Å². The maximum atomic E-state index is 12.5. The fourth-order valence-electron chi connectivity index (χ4n) is 1.95. The highest BCUT2D eigenvalue weighted by molar-refractivity contribution is 5.78. The first-order valence-electron chi connectivity index (χ1n) is 6.08. The van der Waals surface area contributed by atoms with E-state index >= 15 is 0 Å². The van der Waals surface area contributed by atoms with Gasteiger partial charge < -0.3 is 10.6 Å². The van der Waals surface area contributed by atoms with Gasteiger partial charge in [0, 0.05) is 6.04 Å². The highest BCUT2D eigenvalue weighted by Gasteiger charge is 2.40. The molecule has 1 fully saturated rings. The number of nitrogens with one attached hydrogen (secondary N) is 2. The summed E-state index contributed by atoms with van der Waals surface area (Å²) in [6, 6.07) is 0.0867. The van der Waals surface area contributed by atoms with Crippen LogP contribution in [-0.4, -0.2) is 37.4 Å². The van der Waals surface area contributed by atoms with Crippen molar-refractivity contribution in [3.8, 4) is 0 Å². The summed E-state index contributed by atoms with van der Waals surface area (Å²) >= 11 is 0. The van der Waals surface area contributed by atoms with E-state index in [-0.39, 0.29) is 12.6 Å². The second-order valence-corrected chi connectivity index (χ2v) is 4.57. The lowest BCUT2D eigenvalue weighted by Gasteiger charge is -2.23. The molecule has 0 unspecified atom stereocenters. The largest absolute Gasteiger partial charge is 0.352 e. The predicted molar refractivity (Wildman–Crippen MR) is 58.8 cm³/mol. The van der Waals surface area contributed by atoms with Gasteiger partial charge in [0.25, 0.3) is 0 Å². The third-order valence-electron chi connectivity index (χ3n) is 2.94. The van der Waals surface area contributed by atoms with Gasteiger partial charge in [-0.2, -0.15) is 8.78 Å². The van der Waals surface area contributed by atoms with E-state index in [1.807, 2.05) is 0 Å². The molecule has 0 aliphatic heterocycles. The van der Waals surface area contributed by atoms with Crippen molar-refractivity contribution in [2.75, 3.05) is 13.1 Å². The summed E-state index contributed by atoms with van der Waals surface area (Å²) in [6.45, 7) is -1.55. The zero-order valence-corrected chi connectivity index (χ0v) is 10.0. The lowest BCUT2D eigenvalue weighted by molar-refractivity contribution is -0.129. The van der Waals surface area contributed by atoms with Crippen LogP contribution in [0.15, 0.2) is 0 Å². The van der Waals surface area contributed by atoms with E-state index in [0.717, 1.165) is 32.1 Å². The molecule has 1 saturated carbocycles. The van der Waals surface area contributed by atoms with Crippen molar-refractivity contribution >= 4 is 5.91 Å². The van der Waals surface area contributed by atoms with Gasteiger partial charge in [-0.3, -0.25) is 4.79 Å². The van der Waals surface area contributed by atoms with E-state index < -0.39 is 24.8 Å². The zero-order valence-electron chi connectivity index (χ0n) is 10.0. The quantitative estimate of drug-likeness (QED) is 0.724. The van der Waals surface area contributed by atoms with Gasteiger partial charge in [0.15, 0.2) is 0 Å². The first kappa shape index (κ1) is 15.2. The van der Waals surface area contributed by atoms with Gasteiger partial charge in [0.1, 0.15) is 0 Å². The Balaban J connectivity index is 2.17. The molecular formula is C11H18F4N2O. The van der Waals surface area contributed by atoms with Gasteiger partial charge in [0.2, 0.25) is 5.91 Å². The van der Waals surface area contributed by atoms with Crippen molar-refractivity contribution in [3.63, 3.8) is 0 Å².